The molecular weight excluding hydrogens is 388 g/mol. The van der Waals surface area contributed by atoms with Gasteiger partial charge in [0, 0.05) is 49.4 Å². The lowest BCUT2D eigenvalue weighted by molar-refractivity contribution is 0.0954. The van der Waals surface area contributed by atoms with E-state index in [-0.39, 0.29) is 11.3 Å². The molecule has 6 heteroatoms. The van der Waals surface area contributed by atoms with E-state index in [0.717, 1.165) is 49.9 Å². The van der Waals surface area contributed by atoms with Gasteiger partial charge in [-0.1, -0.05) is 45.0 Å². The molecule has 0 aliphatic carbocycles. The Labute approximate surface area is 185 Å². The first-order valence-corrected chi connectivity index (χ1v) is 10.8. The number of nitrogens with one attached hydrogen (secondary N) is 1. The topological polar surface area (TPSA) is 57.2 Å². The molecule has 0 atom stereocenters. The van der Waals surface area contributed by atoms with E-state index in [9.17, 15) is 4.79 Å². The van der Waals surface area contributed by atoms with Crippen molar-refractivity contribution in [3.05, 3.63) is 59.7 Å². The number of ether oxygens (including phenoxy) is 1. The summed E-state index contributed by atoms with van der Waals surface area (Å²) >= 11 is 0. The van der Waals surface area contributed by atoms with Crippen LogP contribution >= 0.6 is 0 Å². The molecule has 6 nitrogen and oxygen atoms in total. The van der Waals surface area contributed by atoms with Crippen molar-refractivity contribution in [2.45, 2.75) is 34.2 Å². The second kappa shape index (κ2) is 9.96. The molecule has 31 heavy (non-hydrogen) atoms. The molecule has 0 saturated carbocycles. The summed E-state index contributed by atoms with van der Waals surface area (Å²) in [7, 11) is 1.72. The highest BCUT2D eigenvalue weighted by atomic mass is 16.5. The van der Waals surface area contributed by atoms with Gasteiger partial charge >= 0.3 is 0 Å². The fraction of sp³-hybridized carbons (Fsp3) is 0.440. The van der Waals surface area contributed by atoms with Gasteiger partial charge in [-0.25, -0.2) is 5.43 Å². The lowest BCUT2D eigenvalue weighted by atomic mass is 9.91. The number of hydrogen-bond donors (Lipinski definition) is 1. The van der Waals surface area contributed by atoms with Gasteiger partial charge in [0.25, 0.3) is 5.91 Å². The third kappa shape index (κ3) is 6.07. The van der Waals surface area contributed by atoms with Crippen molar-refractivity contribution in [3.8, 4) is 5.75 Å². The van der Waals surface area contributed by atoms with Crippen LogP contribution in [0.1, 0.15) is 43.6 Å². The minimum atomic E-state index is -0.180. The summed E-state index contributed by atoms with van der Waals surface area (Å²) in [6, 6.07) is 16.0. The number of hydrogen-bond acceptors (Lipinski definition) is 5. The number of hydrazone groups is 1. The van der Waals surface area contributed by atoms with Crippen LogP contribution in [0.2, 0.25) is 0 Å². The molecule has 0 aromatic heterocycles. The Kier molecular flexibility index (Phi) is 7.33. The molecule has 0 radical (unpaired) electrons. The summed E-state index contributed by atoms with van der Waals surface area (Å²) < 4.78 is 5.50. The molecule has 2 aromatic rings. The van der Waals surface area contributed by atoms with Crippen molar-refractivity contribution < 1.29 is 9.53 Å². The van der Waals surface area contributed by atoms with Gasteiger partial charge in [0.2, 0.25) is 0 Å². The van der Waals surface area contributed by atoms with Gasteiger partial charge in [-0.3, -0.25) is 9.69 Å². The molecule has 1 aliphatic rings. The van der Waals surface area contributed by atoms with Crippen LogP contribution in [-0.2, 0) is 6.54 Å². The number of carbonyl (C=O) groups is 1. The highest BCUT2D eigenvalue weighted by Gasteiger charge is 2.20. The predicted molar refractivity (Wildman–Crippen MR) is 127 cm³/mol. The first-order chi connectivity index (χ1) is 14.8. The van der Waals surface area contributed by atoms with Crippen molar-refractivity contribution in [1.82, 2.24) is 10.3 Å². The van der Waals surface area contributed by atoms with Crippen LogP contribution in [0.3, 0.4) is 0 Å². The van der Waals surface area contributed by atoms with E-state index in [2.05, 4.69) is 53.2 Å². The number of benzene rings is 2. The van der Waals surface area contributed by atoms with Crippen LogP contribution in [0, 0.1) is 5.41 Å². The number of rotatable bonds is 6. The van der Waals surface area contributed by atoms with Crippen LogP contribution in [0.15, 0.2) is 53.6 Å². The van der Waals surface area contributed by atoms with Gasteiger partial charge < -0.3 is 9.64 Å². The van der Waals surface area contributed by atoms with Gasteiger partial charge in [-0.15, -0.1) is 0 Å². The van der Waals surface area contributed by atoms with Crippen LogP contribution in [0.25, 0.3) is 0 Å². The van der Waals surface area contributed by atoms with Crippen LogP contribution in [-0.4, -0.2) is 49.8 Å². The normalized spacial score (nSPS) is 15.6. The van der Waals surface area contributed by atoms with Crippen LogP contribution in [0.5, 0.6) is 5.75 Å². The van der Waals surface area contributed by atoms with Gasteiger partial charge in [-0.05, 0) is 36.8 Å². The second-order valence-corrected chi connectivity index (χ2v) is 9.02. The van der Waals surface area contributed by atoms with Gasteiger partial charge in [0.15, 0.2) is 0 Å². The predicted octanol–water partition coefficient (Wildman–Crippen LogP) is 4.17. The monoisotopic (exact) mass is 422 g/mol. The van der Waals surface area contributed by atoms with Crippen LogP contribution in [0.4, 0.5) is 5.69 Å². The highest BCUT2D eigenvalue weighted by molar-refractivity contribution is 5.95. The zero-order valence-corrected chi connectivity index (χ0v) is 19.3. The summed E-state index contributed by atoms with van der Waals surface area (Å²) in [5, 5.41) is 4.23. The van der Waals surface area contributed by atoms with Crippen molar-refractivity contribution in [1.29, 1.82) is 0 Å². The lowest BCUT2D eigenvalue weighted by Gasteiger charge is -2.36. The van der Waals surface area contributed by atoms with E-state index in [4.69, 9.17) is 4.74 Å². The average Bonchev–Trinajstić information content (AvgIpc) is 2.77. The van der Waals surface area contributed by atoms with E-state index < -0.39 is 0 Å². The molecule has 0 bridgehead atoms. The number of nitrogens with zero attached hydrogens (tertiary/aromatic N) is 3. The van der Waals surface area contributed by atoms with Crippen LogP contribution < -0.4 is 15.1 Å². The molecule has 2 aromatic carbocycles. The molecule has 0 unspecified atom stereocenters. The quantitative estimate of drug-likeness (QED) is 0.561. The maximum absolute atomic E-state index is 12.4. The number of anilines is 1. The minimum Gasteiger partial charge on any atom is -0.495 e. The fourth-order valence-corrected chi connectivity index (χ4v) is 3.42. The van der Waals surface area contributed by atoms with E-state index in [1.807, 2.05) is 43.3 Å². The highest BCUT2D eigenvalue weighted by Crippen LogP contribution is 2.28. The maximum atomic E-state index is 12.4. The molecule has 1 amide bonds. The third-order valence-corrected chi connectivity index (χ3v) is 5.83. The number of amides is 1. The van der Waals surface area contributed by atoms with Crippen molar-refractivity contribution in [3.63, 3.8) is 0 Å². The third-order valence-electron chi connectivity index (χ3n) is 5.83. The molecule has 1 saturated heterocycles. The van der Waals surface area contributed by atoms with Crippen molar-refractivity contribution in [2.75, 3.05) is 38.2 Å². The SMILES string of the molecule is COc1ccccc1N1CCN(Cc2ccc(C(=O)NN=C(C)C(C)(C)C)cc2)CC1. The van der Waals surface area contributed by atoms with Gasteiger partial charge in [0.05, 0.1) is 12.8 Å². The molecule has 3 rings (SSSR count). The molecule has 1 N–H and O–H groups in total. The van der Waals surface area contributed by atoms with Gasteiger partial charge in [0.1, 0.15) is 5.75 Å². The molecule has 1 fully saturated rings. The molecule has 166 valence electrons. The van der Waals surface area contributed by atoms with E-state index in [0.29, 0.717) is 5.56 Å². The summed E-state index contributed by atoms with van der Waals surface area (Å²) in [5.41, 5.74) is 6.47. The van der Waals surface area contributed by atoms with E-state index in [1.54, 1.807) is 7.11 Å². The Balaban J connectivity index is 1.52. The second-order valence-electron chi connectivity index (χ2n) is 9.02. The van der Waals surface area contributed by atoms with Gasteiger partial charge in [-0.2, -0.15) is 5.10 Å². The Morgan fingerprint density at radius 3 is 2.29 bits per heavy atom. The fourth-order valence-electron chi connectivity index (χ4n) is 3.42. The van der Waals surface area contributed by atoms with Crippen molar-refractivity contribution in [2.24, 2.45) is 10.5 Å². The zero-order chi connectivity index (χ0) is 22.4. The number of carbonyl (C=O) groups excluding carboxylic acids is 1. The first-order valence-electron chi connectivity index (χ1n) is 10.8. The Morgan fingerprint density at radius 1 is 1.03 bits per heavy atom. The Hall–Kier alpha value is -2.86. The average molecular weight is 423 g/mol. The number of piperazine rings is 1. The standard InChI is InChI=1S/C25H34N4O2/c1-19(25(2,3)4)26-27-24(30)21-12-10-20(11-13-21)18-28-14-16-29(17-15-28)22-8-6-7-9-23(22)31-5/h6-13H,14-18H2,1-5H3,(H,27,30). The first kappa shape index (κ1) is 22.8. The van der Waals surface area contributed by atoms with Crippen molar-refractivity contribution >= 4 is 17.3 Å². The zero-order valence-electron chi connectivity index (χ0n) is 19.3. The smallest absolute Gasteiger partial charge is 0.271 e. The summed E-state index contributed by atoms with van der Waals surface area (Å²) in [5.74, 6) is 0.743. The molecule has 0 spiro atoms. The lowest BCUT2D eigenvalue weighted by Crippen LogP contribution is -2.46. The maximum Gasteiger partial charge on any atom is 0.271 e. The Bertz CT molecular complexity index is 908. The number of para-hydroxylation sites is 2. The van der Waals surface area contributed by atoms with E-state index >= 15 is 0 Å². The van der Waals surface area contributed by atoms with E-state index in [1.165, 1.54) is 5.56 Å². The molecular formula is C25H34N4O2. The number of methoxy groups -OCH3 is 1. The summed E-state index contributed by atoms with van der Waals surface area (Å²) in [4.78, 5) is 17.2. The molecule has 1 aliphatic heterocycles. The molecule has 1 heterocycles. The largest absolute Gasteiger partial charge is 0.495 e. The summed E-state index contributed by atoms with van der Waals surface area (Å²) in [6.07, 6.45) is 0. The Morgan fingerprint density at radius 2 is 1.68 bits per heavy atom. The minimum absolute atomic E-state index is 0.0627. The summed E-state index contributed by atoms with van der Waals surface area (Å²) in [6.45, 7) is 12.9.